The zero-order chi connectivity index (χ0) is 14.6. The third-order valence-electron chi connectivity index (χ3n) is 2.88. The second kappa shape index (κ2) is 6.06. The molecule has 0 atom stereocenters. The smallest absolute Gasteiger partial charge is 0.313 e. The van der Waals surface area contributed by atoms with Crippen molar-refractivity contribution in [1.82, 2.24) is 0 Å². The van der Waals surface area contributed by atoms with Gasteiger partial charge in [-0.1, -0.05) is 50.2 Å². The van der Waals surface area contributed by atoms with Gasteiger partial charge in [-0.25, -0.2) is 0 Å². The lowest BCUT2D eigenvalue weighted by Crippen LogP contribution is -2.22. The Labute approximate surface area is 119 Å². The molecule has 0 N–H and O–H groups in total. The van der Waals surface area contributed by atoms with Crippen LogP contribution in [-0.4, -0.2) is 5.97 Å². The summed E-state index contributed by atoms with van der Waals surface area (Å²) < 4.78 is 18.7. The molecule has 0 spiro atoms. The first-order chi connectivity index (χ1) is 9.54. The average Bonchev–Trinajstić information content (AvgIpc) is 2.48. The molecule has 0 amide bonds. The molecule has 0 unspecified atom stereocenters. The van der Waals surface area contributed by atoms with E-state index in [2.05, 4.69) is 0 Å². The van der Waals surface area contributed by atoms with Gasteiger partial charge < -0.3 is 4.52 Å². The van der Waals surface area contributed by atoms with Crippen LogP contribution in [0, 0.1) is 5.92 Å². The molecule has 2 aromatic carbocycles. The third-order valence-corrected chi connectivity index (χ3v) is 5.28. The summed E-state index contributed by atoms with van der Waals surface area (Å²) in [6.07, 6.45) is 0. The van der Waals surface area contributed by atoms with Gasteiger partial charge in [-0.3, -0.25) is 9.36 Å². The lowest BCUT2D eigenvalue weighted by Gasteiger charge is -2.20. The van der Waals surface area contributed by atoms with Crippen LogP contribution in [0.3, 0.4) is 0 Å². The van der Waals surface area contributed by atoms with Gasteiger partial charge in [0.15, 0.2) is 0 Å². The van der Waals surface area contributed by atoms with Crippen molar-refractivity contribution in [2.45, 2.75) is 13.8 Å². The Morgan fingerprint density at radius 1 is 0.900 bits per heavy atom. The van der Waals surface area contributed by atoms with E-state index >= 15 is 0 Å². The van der Waals surface area contributed by atoms with Gasteiger partial charge in [-0.05, 0) is 24.3 Å². The van der Waals surface area contributed by atoms with E-state index in [0.717, 1.165) is 0 Å². The molecular formula is C16H17O3P. The summed E-state index contributed by atoms with van der Waals surface area (Å²) in [6, 6.07) is 17.7. The second-order valence-corrected chi connectivity index (χ2v) is 7.11. The summed E-state index contributed by atoms with van der Waals surface area (Å²) >= 11 is 0. The summed E-state index contributed by atoms with van der Waals surface area (Å²) in [5.41, 5.74) is 0. The lowest BCUT2D eigenvalue weighted by atomic mass is 10.2. The highest BCUT2D eigenvalue weighted by Crippen LogP contribution is 2.45. The van der Waals surface area contributed by atoms with Crippen LogP contribution in [0.5, 0.6) is 0 Å². The fraction of sp³-hybridized carbons (Fsp3) is 0.188. The predicted molar refractivity (Wildman–Crippen MR) is 80.7 cm³/mol. The minimum absolute atomic E-state index is 0.323. The maximum Gasteiger partial charge on any atom is 0.313 e. The minimum Gasteiger partial charge on any atom is -0.404 e. The SMILES string of the molecule is CC(C)C(=O)OP(=O)(c1ccccc1)c1ccccc1. The highest BCUT2D eigenvalue weighted by molar-refractivity contribution is 7.74. The van der Waals surface area contributed by atoms with Crippen LogP contribution < -0.4 is 10.6 Å². The van der Waals surface area contributed by atoms with Crippen LogP contribution >= 0.6 is 7.37 Å². The van der Waals surface area contributed by atoms with Gasteiger partial charge in [0.1, 0.15) is 0 Å². The quantitative estimate of drug-likeness (QED) is 0.812. The normalized spacial score (nSPS) is 11.3. The Kier molecular flexibility index (Phi) is 4.41. The van der Waals surface area contributed by atoms with E-state index in [4.69, 9.17) is 4.52 Å². The average molecular weight is 288 g/mol. The summed E-state index contributed by atoms with van der Waals surface area (Å²) in [5.74, 6) is -0.781. The van der Waals surface area contributed by atoms with Crippen molar-refractivity contribution in [1.29, 1.82) is 0 Å². The minimum atomic E-state index is -3.38. The highest BCUT2D eigenvalue weighted by atomic mass is 31.2. The number of benzene rings is 2. The van der Waals surface area contributed by atoms with Crippen LogP contribution in [-0.2, 0) is 13.9 Å². The molecule has 0 saturated heterocycles. The van der Waals surface area contributed by atoms with Crippen LogP contribution in [0.1, 0.15) is 13.8 Å². The van der Waals surface area contributed by atoms with Crippen molar-refractivity contribution in [2.24, 2.45) is 5.92 Å². The highest BCUT2D eigenvalue weighted by Gasteiger charge is 2.32. The molecule has 0 bridgehead atoms. The fourth-order valence-corrected chi connectivity index (χ4v) is 3.84. The van der Waals surface area contributed by atoms with Crippen molar-refractivity contribution in [3.05, 3.63) is 60.7 Å². The van der Waals surface area contributed by atoms with Gasteiger partial charge in [-0.2, -0.15) is 0 Å². The van der Waals surface area contributed by atoms with Gasteiger partial charge in [0.05, 0.1) is 16.5 Å². The van der Waals surface area contributed by atoms with Gasteiger partial charge in [-0.15, -0.1) is 0 Å². The molecule has 104 valence electrons. The number of rotatable bonds is 4. The van der Waals surface area contributed by atoms with E-state index in [1.165, 1.54) is 0 Å². The zero-order valence-electron chi connectivity index (χ0n) is 11.5. The Hall–Kier alpha value is -1.86. The standard InChI is InChI=1S/C16H17O3P/c1-13(2)16(17)19-20(18,14-9-5-3-6-10-14)15-11-7-4-8-12-15/h3-13H,1-2H3. The molecule has 0 radical (unpaired) electrons. The summed E-state index contributed by atoms with van der Waals surface area (Å²) in [6.45, 7) is 3.45. The molecule has 0 aliphatic heterocycles. The van der Waals surface area contributed by atoms with Crippen LogP contribution in [0.25, 0.3) is 0 Å². The second-order valence-electron chi connectivity index (χ2n) is 4.79. The van der Waals surface area contributed by atoms with Gasteiger partial charge >= 0.3 is 13.3 Å². The monoisotopic (exact) mass is 288 g/mol. The van der Waals surface area contributed by atoms with Crippen LogP contribution in [0.2, 0.25) is 0 Å². The molecule has 0 aliphatic carbocycles. The van der Waals surface area contributed by atoms with E-state index in [9.17, 15) is 9.36 Å². The molecular weight excluding hydrogens is 271 g/mol. The molecule has 20 heavy (non-hydrogen) atoms. The van der Waals surface area contributed by atoms with Crippen molar-refractivity contribution in [2.75, 3.05) is 0 Å². The molecule has 2 rings (SSSR count). The zero-order valence-corrected chi connectivity index (χ0v) is 12.4. The van der Waals surface area contributed by atoms with Crippen LogP contribution in [0.4, 0.5) is 0 Å². The van der Waals surface area contributed by atoms with E-state index in [0.29, 0.717) is 10.6 Å². The first-order valence-corrected chi connectivity index (χ1v) is 8.11. The Bertz CT molecular complexity index is 577. The van der Waals surface area contributed by atoms with E-state index < -0.39 is 13.3 Å². The molecule has 0 heterocycles. The van der Waals surface area contributed by atoms with Crippen molar-refractivity contribution in [3.63, 3.8) is 0 Å². The largest absolute Gasteiger partial charge is 0.404 e. The fourth-order valence-electron chi connectivity index (χ4n) is 1.74. The van der Waals surface area contributed by atoms with Gasteiger partial charge in [0, 0.05) is 0 Å². The Balaban J connectivity index is 2.50. The Morgan fingerprint density at radius 2 is 1.30 bits per heavy atom. The first kappa shape index (κ1) is 14.5. The summed E-state index contributed by atoms with van der Waals surface area (Å²) in [5, 5.41) is 1.06. The maximum atomic E-state index is 13.3. The number of hydrogen-bond acceptors (Lipinski definition) is 3. The van der Waals surface area contributed by atoms with Crippen molar-refractivity contribution in [3.8, 4) is 0 Å². The third kappa shape index (κ3) is 3.00. The number of hydrogen-bond donors (Lipinski definition) is 0. The van der Waals surface area contributed by atoms with E-state index in [-0.39, 0.29) is 5.92 Å². The molecule has 0 fully saturated rings. The van der Waals surface area contributed by atoms with E-state index in [1.54, 1.807) is 62.4 Å². The molecule has 3 nitrogen and oxygen atoms in total. The maximum absolute atomic E-state index is 13.3. The Morgan fingerprint density at radius 3 is 1.65 bits per heavy atom. The number of carbonyl (C=O) groups is 1. The molecule has 0 aromatic heterocycles. The molecule has 0 aliphatic rings. The van der Waals surface area contributed by atoms with Gasteiger partial charge in [0.25, 0.3) is 0 Å². The topological polar surface area (TPSA) is 43.4 Å². The molecule has 4 heteroatoms. The predicted octanol–water partition coefficient (Wildman–Crippen LogP) is 3.11. The number of carbonyl (C=O) groups excluding carboxylic acids is 1. The van der Waals surface area contributed by atoms with Crippen LogP contribution in [0.15, 0.2) is 60.7 Å². The molecule has 2 aromatic rings. The van der Waals surface area contributed by atoms with Crippen molar-refractivity contribution < 1.29 is 13.9 Å². The summed E-state index contributed by atoms with van der Waals surface area (Å²) in [7, 11) is -3.38. The lowest BCUT2D eigenvalue weighted by molar-refractivity contribution is -0.137. The molecule has 0 saturated carbocycles. The van der Waals surface area contributed by atoms with Gasteiger partial charge in [0.2, 0.25) is 0 Å². The summed E-state index contributed by atoms with van der Waals surface area (Å²) in [4.78, 5) is 11.9. The van der Waals surface area contributed by atoms with E-state index in [1.807, 2.05) is 12.1 Å². The van der Waals surface area contributed by atoms with Crippen molar-refractivity contribution >= 4 is 23.9 Å². The first-order valence-electron chi connectivity index (χ1n) is 6.49.